The van der Waals surface area contributed by atoms with Gasteiger partial charge in [-0.3, -0.25) is 27.4 Å². The lowest BCUT2D eigenvalue weighted by Gasteiger charge is -2.13. The Kier molecular flexibility index (Phi) is 11.4. The molecule has 3 N–H and O–H groups in total. The molecule has 75 heavy (non-hydrogen) atoms. The lowest BCUT2D eigenvalue weighted by Crippen LogP contribution is -2.03. The van der Waals surface area contributed by atoms with Crippen LogP contribution in [0.5, 0.6) is 0 Å². The lowest BCUT2D eigenvalue weighted by atomic mass is 10.0. The van der Waals surface area contributed by atoms with Crippen molar-refractivity contribution in [2.75, 3.05) is 0 Å². The Morgan fingerprint density at radius 3 is 0.787 bits per heavy atom. The van der Waals surface area contributed by atoms with E-state index in [9.17, 15) is 70.5 Å². The maximum Gasteiger partial charge on any atom is 0.294 e. The molecule has 3 heterocycles. The van der Waals surface area contributed by atoms with E-state index in [4.69, 9.17) is 15.0 Å². The molecule has 360 valence electrons. The Balaban J connectivity index is 1.53. The largest absolute Gasteiger partial charge is 0.294 e. The van der Waals surface area contributed by atoms with Gasteiger partial charge in [0.05, 0.1) is 84.5 Å². The number of nitrogens with zero attached hydrogens (tertiary/aromatic N) is 12. The second-order valence-corrected chi connectivity index (χ2v) is 20.5. The molecule has 21 nitrogen and oxygen atoms in total. The number of hydrogen-bond donors (Lipinski definition) is 3. The predicted molar refractivity (Wildman–Crippen MR) is 264 cm³/mol. The van der Waals surface area contributed by atoms with Crippen molar-refractivity contribution in [1.82, 2.24) is 28.7 Å². The van der Waals surface area contributed by atoms with Gasteiger partial charge in [0.2, 0.25) is 0 Å². The van der Waals surface area contributed by atoms with Crippen molar-refractivity contribution in [2.24, 2.45) is 0 Å². The van der Waals surface area contributed by atoms with Crippen molar-refractivity contribution >= 4 is 63.5 Å². The first-order valence-electron chi connectivity index (χ1n) is 21.3. The summed E-state index contributed by atoms with van der Waals surface area (Å²) in [5, 5.41) is 61.4. The van der Waals surface area contributed by atoms with Gasteiger partial charge in [-0.15, -0.1) is 0 Å². The van der Waals surface area contributed by atoms with Gasteiger partial charge >= 0.3 is 0 Å². The van der Waals surface area contributed by atoms with E-state index in [2.05, 4.69) is 18.2 Å². The summed E-state index contributed by atoms with van der Waals surface area (Å²) >= 11 is 0. The summed E-state index contributed by atoms with van der Waals surface area (Å²) in [7, 11) is -14.3. The average molecular weight is 1050 g/mol. The zero-order valence-electron chi connectivity index (χ0n) is 37.5. The number of rotatable bonds is 9. The third kappa shape index (κ3) is 8.11. The third-order valence-corrected chi connectivity index (χ3v) is 14.6. The number of benzene rings is 7. The summed E-state index contributed by atoms with van der Waals surface area (Å²) in [6.45, 7) is 0. The van der Waals surface area contributed by atoms with Gasteiger partial charge in [0, 0.05) is 33.8 Å². The molecule has 10 aromatic rings. The van der Waals surface area contributed by atoms with E-state index in [-0.39, 0.29) is 118 Å². The topological polar surface area (TPSA) is 359 Å². The van der Waals surface area contributed by atoms with Gasteiger partial charge in [0.1, 0.15) is 50.6 Å². The van der Waals surface area contributed by atoms with E-state index in [0.717, 1.165) is 36.4 Å². The summed E-state index contributed by atoms with van der Waals surface area (Å²) < 4.78 is 109. The molecule has 0 aliphatic carbocycles. The molecule has 7 aromatic carbocycles. The molecule has 0 bridgehead atoms. The Labute approximate surface area is 423 Å². The molecule has 0 unspecified atom stereocenters. The Bertz CT molecular complexity index is 4280. The molecular weight excluding hydrogens is 1020 g/mol. The predicted octanol–water partition coefficient (Wildman–Crippen LogP) is 7.67. The molecule has 24 heteroatoms. The highest BCUT2D eigenvalue weighted by Crippen LogP contribution is 2.45. The summed E-state index contributed by atoms with van der Waals surface area (Å²) in [5.74, 6) is -0.0938. The van der Waals surface area contributed by atoms with Crippen LogP contribution in [0.15, 0.2) is 142 Å². The Morgan fingerprint density at radius 1 is 0.347 bits per heavy atom. The van der Waals surface area contributed by atoms with E-state index >= 15 is 0 Å². The third-order valence-electron chi connectivity index (χ3n) is 12.0. The molecule has 0 aliphatic heterocycles. The molecule has 0 saturated carbocycles. The average Bonchev–Trinajstić information content (AvgIpc) is 4.18. The number of aromatic nitrogens is 6. The number of hydrogen-bond acceptors (Lipinski definition) is 15. The fourth-order valence-electron chi connectivity index (χ4n) is 8.71. The minimum Gasteiger partial charge on any atom is -0.290 e. The van der Waals surface area contributed by atoms with E-state index in [1.807, 2.05) is 18.2 Å². The SMILES string of the molecule is N#Cc1ccc(-c2nc3c(c4nc(-c5ccc(C#N)cc5C#N)n(-c5ccc(S(=O)(=O)O)cc5)c4c4nc(-c5ccc(C#N)cc5C#N)n(-c5ccc(S(=O)(=O)O)cc5)c34)n2-c2ccc(S(=O)(=O)O)cc2)c(C#N)c1. The van der Waals surface area contributed by atoms with Crippen molar-refractivity contribution < 1.29 is 38.9 Å². The maximum absolute atomic E-state index is 12.4. The highest BCUT2D eigenvalue weighted by atomic mass is 32.2. The summed E-state index contributed by atoms with van der Waals surface area (Å²) in [4.78, 5) is 14.1. The van der Waals surface area contributed by atoms with Crippen LogP contribution in [0, 0.1) is 68.0 Å². The molecule has 0 fully saturated rings. The monoisotopic (exact) mass is 1040 g/mol. The van der Waals surface area contributed by atoms with E-state index < -0.39 is 45.0 Å². The normalized spacial score (nSPS) is 11.6. The number of fused-ring (bicyclic) bond motifs is 6. The summed E-state index contributed by atoms with van der Waals surface area (Å²) in [5.41, 5.74) is 1.11. The van der Waals surface area contributed by atoms with Crippen LogP contribution in [-0.2, 0) is 30.4 Å². The van der Waals surface area contributed by atoms with Crippen LogP contribution in [0.3, 0.4) is 0 Å². The van der Waals surface area contributed by atoms with Crippen LogP contribution in [-0.4, -0.2) is 67.6 Å². The summed E-state index contributed by atoms with van der Waals surface area (Å²) in [6.07, 6.45) is 0. The van der Waals surface area contributed by atoms with Crippen molar-refractivity contribution in [3.05, 3.63) is 161 Å². The first-order chi connectivity index (χ1) is 35.8. The molecule has 0 saturated heterocycles. The molecule has 0 atom stereocenters. The van der Waals surface area contributed by atoms with Crippen LogP contribution in [0.2, 0.25) is 0 Å². The fourth-order valence-corrected chi connectivity index (χ4v) is 10.2. The Hall–Kier alpha value is -10.4. The van der Waals surface area contributed by atoms with Crippen LogP contribution in [0.25, 0.3) is 84.3 Å². The van der Waals surface area contributed by atoms with Gasteiger partial charge in [-0.1, -0.05) is 0 Å². The van der Waals surface area contributed by atoms with Gasteiger partial charge in [-0.25, -0.2) is 15.0 Å². The first kappa shape index (κ1) is 48.3. The summed E-state index contributed by atoms with van der Waals surface area (Å²) in [6, 6.07) is 39.5. The van der Waals surface area contributed by atoms with Gasteiger partial charge in [-0.05, 0) is 127 Å². The molecular formula is C51H24N12O9S3. The minimum absolute atomic E-state index is 0.00243. The van der Waals surface area contributed by atoms with E-state index in [0.29, 0.717) is 0 Å². The molecule has 10 rings (SSSR count). The highest BCUT2D eigenvalue weighted by Gasteiger charge is 2.32. The second kappa shape index (κ2) is 17.7. The smallest absolute Gasteiger partial charge is 0.290 e. The first-order valence-corrected chi connectivity index (χ1v) is 25.6. The zero-order valence-corrected chi connectivity index (χ0v) is 40.0. The van der Waals surface area contributed by atoms with Crippen LogP contribution >= 0.6 is 0 Å². The molecule has 0 amide bonds. The maximum atomic E-state index is 12.4. The van der Waals surface area contributed by atoms with E-state index in [1.165, 1.54) is 105 Å². The zero-order chi connectivity index (χ0) is 53.3. The fraction of sp³-hybridized carbons (Fsp3) is 0. The van der Waals surface area contributed by atoms with Crippen molar-refractivity contribution in [1.29, 1.82) is 31.6 Å². The molecule has 3 aromatic heterocycles. The number of imidazole rings is 3. The van der Waals surface area contributed by atoms with Gasteiger partial charge < -0.3 is 0 Å². The van der Waals surface area contributed by atoms with Crippen LogP contribution in [0.4, 0.5) is 0 Å². The standard InChI is InChI=1S/C51H24N12O9S3/c52-22-28-1-16-40(31(19-28)25-55)49-58-43-46(61(49)34-4-10-37(11-5-34)73(64,65)66)44-48(63(36-8-14-39(15-9-36)75(70,71)72)50(59-44)41-17-2-29(23-53)20-32(41)26-56)45-47(43)62(35-6-12-38(13-7-35)74(67,68)69)51(60-45)42-18-3-30(24-54)21-33(42)27-57/h1-21H,(H,64,65,66)(H,67,68,69)(H,70,71,72). The van der Waals surface area contributed by atoms with Gasteiger partial charge in [0.25, 0.3) is 30.4 Å². The minimum atomic E-state index is -4.76. The van der Waals surface area contributed by atoms with Crippen molar-refractivity contribution in [2.45, 2.75) is 14.7 Å². The van der Waals surface area contributed by atoms with E-state index in [1.54, 1.807) is 0 Å². The van der Waals surface area contributed by atoms with Crippen molar-refractivity contribution in [3.8, 4) is 87.6 Å². The quantitative estimate of drug-likeness (QED) is 0.117. The van der Waals surface area contributed by atoms with Crippen LogP contribution in [0.1, 0.15) is 33.4 Å². The van der Waals surface area contributed by atoms with Crippen LogP contribution < -0.4 is 0 Å². The molecule has 0 spiro atoms. The molecule has 0 aliphatic rings. The van der Waals surface area contributed by atoms with Crippen molar-refractivity contribution in [3.63, 3.8) is 0 Å². The second-order valence-electron chi connectivity index (χ2n) is 16.3. The number of nitriles is 6. The van der Waals surface area contributed by atoms with Gasteiger partial charge in [-0.2, -0.15) is 56.8 Å². The Morgan fingerprint density at radius 2 is 0.587 bits per heavy atom. The highest BCUT2D eigenvalue weighted by molar-refractivity contribution is 7.86. The van der Waals surface area contributed by atoms with Gasteiger partial charge in [0.15, 0.2) is 0 Å². The lowest BCUT2D eigenvalue weighted by molar-refractivity contribution is 0.481. The molecule has 0 radical (unpaired) electrons.